The van der Waals surface area contributed by atoms with Gasteiger partial charge in [0.1, 0.15) is 11.3 Å². The molecule has 0 amide bonds. The van der Waals surface area contributed by atoms with Gasteiger partial charge >= 0.3 is 0 Å². The standard InChI is InChI=1S/C21H25N3O3S/c1-2-15(13-25)14-26-16-5-7-18-19(11-16)27-20(23-18)8-6-17-12-22-21(28-17)24-9-3-4-10-24/h5-8,11-12,15,25H,2-4,9-10,13-14H2,1H3/b8-6+. The maximum Gasteiger partial charge on any atom is 0.220 e. The molecule has 1 N–H and O–H groups in total. The van der Waals surface area contributed by atoms with Crippen LogP contribution in [0, 0.1) is 5.92 Å². The third-order valence-corrected chi connectivity index (χ3v) is 6.00. The van der Waals surface area contributed by atoms with Crippen molar-refractivity contribution in [2.24, 2.45) is 5.92 Å². The Morgan fingerprint density at radius 1 is 1.32 bits per heavy atom. The van der Waals surface area contributed by atoms with Crippen LogP contribution in [0.15, 0.2) is 28.8 Å². The van der Waals surface area contributed by atoms with Crippen molar-refractivity contribution in [1.82, 2.24) is 9.97 Å². The molecule has 0 spiro atoms. The number of aliphatic hydroxyl groups excluding tert-OH is 1. The van der Waals surface area contributed by atoms with Crippen LogP contribution in [0.1, 0.15) is 37.0 Å². The number of anilines is 1. The largest absolute Gasteiger partial charge is 0.493 e. The summed E-state index contributed by atoms with van der Waals surface area (Å²) in [7, 11) is 0. The molecule has 148 valence electrons. The molecule has 0 radical (unpaired) electrons. The lowest BCUT2D eigenvalue weighted by Crippen LogP contribution is -2.16. The van der Waals surface area contributed by atoms with E-state index in [1.807, 2.05) is 43.5 Å². The minimum atomic E-state index is 0.132. The summed E-state index contributed by atoms with van der Waals surface area (Å²) < 4.78 is 11.6. The lowest BCUT2D eigenvalue weighted by molar-refractivity contribution is 0.160. The van der Waals surface area contributed by atoms with Gasteiger partial charge in [0.05, 0.1) is 6.61 Å². The van der Waals surface area contributed by atoms with E-state index in [9.17, 15) is 5.11 Å². The van der Waals surface area contributed by atoms with Crippen molar-refractivity contribution in [1.29, 1.82) is 0 Å². The molecule has 0 bridgehead atoms. The van der Waals surface area contributed by atoms with Crippen molar-refractivity contribution in [3.63, 3.8) is 0 Å². The number of rotatable bonds is 8. The number of oxazole rings is 1. The second-order valence-electron chi connectivity index (χ2n) is 7.02. The maximum atomic E-state index is 9.27. The Labute approximate surface area is 168 Å². The third-order valence-electron chi connectivity index (χ3n) is 4.98. The van der Waals surface area contributed by atoms with E-state index in [0.717, 1.165) is 40.8 Å². The van der Waals surface area contributed by atoms with Gasteiger partial charge in [0, 0.05) is 48.8 Å². The molecule has 4 rings (SSSR count). The predicted octanol–water partition coefficient (Wildman–Crippen LogP) is 4.45. The fourth-order valence-corrected chi connectivity index (χ4v) is 4.03. The molecule has 1 fully saturated rings. The fourth-order valence-electron chi connectivity index (χ4n) is 3.16. The summed E-state index contributed by atoms with van der Waals surface area (Å²) in [4.78, 5) is 12.4. The van der Waals surface area contributed by atoms with E-state index < -0.39 is 0 Å². The molecule has 28 heavy (non-hydrogen) atoms. The second-order valence-corrected chi connectivity index (χ2v) is 8.06. The van der Waals surface area contributed by atoms with Crippen molar-refractivity contribution in [2.45, 2.75) is 26.2 Å². The first-order chi connectivity index (χ1) is 13.7. The smallest absolute Gasteiger partial charge is 0.220 e. The highest BCUT2D eigenvalue weighted by Crippen LogP contribution is 2.28. The maximum absolute atomic E-state index is 9.27. The van der Waals surface area contributed by atoms with E-state index in [1.54, 1.807) is 11.3 Å². The normalized spacial score (nSPS) is 15.7. The van der Waals surface area contributed by atoms with Crippen LogP contribution in [0.5, 0.6) is 5.75 Å². The molecule has 7 heteroatoms. The zero-order chi connectivity index (χ0) is 19.3. The minimum Gasteiger partial charge on any atom is -0.493 e. The number of hydrogen-bond acceptors (Lipinski definition) is 7. The van der Waals surface area contributed by atoms with E-state index in [4.69, 9.17) is 9.15 Å². The van der Waals surface area contributed by atoms with E-state index in [1.165, 1.54) is 12.8 Å². The average Bonchev–Trinajstić information content (AvgIpc) is 3.46. The Kier molecular flexibility index (Phi) is 5.92. The van der Waals surface area contributed by atoms with Crippen LogP contribution in [0.2, 0.25) is 0 Å². The average molecular weight is 400 g/mol. The number of aromatic nitrogens is 2. The van der Waals surface area contributed by atoms with Crippen molar-refractivity contribution in [2.75, 3.05) is 31.2 Å². The first kappa shape index (κ1) is 19.0. The molecular weight excluding hydrogens is 374 g/mol. The molecule has 3 heterocycles. The zero-order valence-corrected chi connectivity index (χ0v) is 16.8. The van der Waals surface area contributed by atoms with Gasteiger partial charge < -0.3 is 19.2 Å². The van der Waals surface area contributed by atoms with Gasteiger partial charge in [0.25, 0.3) is 0 Å². The van der Waals surface area contributed by atoms with E-state index in [2.05, 4.69) is 14.9 Å². The lowest BCUT2D eigenvalue weighted by Gasteiger charge is -2.12. The highest BCUT2D eigenvalue weighted by Gasteiger charge is 2.15. The van der Waals surface area contributed by atoms with E-state index in [0.29, 0.717) is 18.1 Å². The van der Waals surface area contributed by atoms with E-state index >= 15 is 0 Å². The molecule has 1 saturated heterocycles. The Hall–Kier alpha value is -2.38. The van der Waals surface area contributed by atoms with Gasteiger partial charge in [-0.1, -0.05) is 18.3 Å². The number of nitrogens with zero attached hydrogens (tertiary/aromatic N) is 3. The van der Waals surface area contributed by atoms with Gasteiger partial charge in [-0.15, -0.1) is 0 Å². The molecule has 2 aromatic heterocycles. The fraction of sp³-hybridized carbons (Fsp3) is 0.429. The summed E-state index contributed by atoms with van der Waals surface area (Å²) in [5, 5.41) is 10.4. The van der Waals surface area contributed by atoms with Crippen molar-refractivity contribution >= 4 is 39.7 Å². The molecule has 3 aromatic rings. The summed E-state index contributed by atoms with van der Waals surface area (Å²) >= 11 is 1.69. The highest BCUT2D eigenvalue weighted by atomic mass is 32.1. The molecule has 0 aliphatic carbocycles. The Morgan fingerprint density at radius 3 is 2.96 bits per heavy atom. The quantitative estimate of drug-likeness (QED) is 0.603. The molecule has 6 nitrogen and oxygen atoms in total. The van der Waals surface area contributed by atoms with Crippen molar-refractivity contribution in [3.05, 3.63) is 35.2 Å². The monoisotopic (exact) mass is 399 g/mol. The van der Waals surface area contributed by atoms with Crippen LogP contribution in [-0.4, -0.2) is 41.4 Å². The summed E-state index contributed by atoms with van der Waals surface area (Å²) in [6.45, 7) is 4.86. The van der Waals surface area contributed by atoms with E-state index in [-0.39, 0.29) is 12.5 Å². The highest BCUT2D eigenvalue weighted by molar-refractivity contribution is 7.16. The number of fused-ring (bicyclic) bond motifs is 1. The summed E-state index contributed by atoms with van der Waals surface area (Å²) in [6, 6.07) is 5.62. The van der Waals surface area contributed by atoms with Gasteiger partial charge in [-0.25, -0.2) is 9.97 Å². The second kappa shape index (κ2) is 8.75. The number of thiazole rings is 1. The third kappa shape index (κ3) is 4.36. The summed E-state index contributed by atoms with van der Waals surface area (Å²) in [5.41, 5.74) is 1.49. The molecular formula is C21H25N3O3S. The molecule has 0 saturated carbocycles. The first-order valence-electron chi connectivity index (χ1n) is 9.78. The van der Waals surface area contributed by atoms with Crippen molar-refractivity contribution in [3.8, 4) is 5.75 Å². The SMILES string of the molecule is CCC(CO)COc1ccc2nc(/C=C/c3cnc(N4CCCC4)s3)oc2c1. The minimum absolute atomic E-state index is 0.132. The number of benzene rings is 1. The van der Waals surface area contributed by atoms with Crippen LogP contribution >= 0.6 is 11.3 Å². The first-order valence-corrected chi connectivity index (χ1v) is 10.6. The van der Waals surface area contributed by atoms with Crippen LogP contribution < -0.4 is 9.64 Å². The van der Waals surface area contributed by atoms with Gasteiger partial charge in [-0.3, -0.25) is 0 Å². The Bertz CT molecular complexity index is 939. The molecule has 1 atom stereocenters. The number of ether oxygens (including phenoxy) is 1. The van der Waals surface area contributed by atoms with Crippen LogP contribution in [0.4, 0.5) is 5.13 Å². The van der Waals surface area contributed by atoms with Gasteiger partial charge in [0.2, 0.25) is 5.89 Å². The Morgan fingerprint density at radius 2 is 2.18 bits per heavy atom. The van der Waals surface area contributed by atoms with Crippen LogP contribution in [0.25, 0.3) is 23.3 Å². The summed E-state index contributed by atoms with van der Waals surface area (Å²) in [5.74, 6) is 1.43. The van der Waals surface area contributed by atoms with Gasteiger partial charge in [-0.05, 0) is 37.5 Å². The summed E-state index contributed by atoms with van der Waals surface area (Å²) in [6.07, 6.45) is 9.14. The number of hydrogen-bond donors (Lipinski definition) is 1. The Balaban J connectivity index is 1.43. The molecule has 1 aliphatic rings. The topological polar surface area (TPSA) is 71.6 Å². The predicted molar refractivity (Wildman–Crippen MR) is 113 cm³/mol. The van der Waals surface area contributed by atoms with Gasteiger partial charge in [-0.2, -0.15) is 0 Å². The number of aliphatic hydroxyl groups is 1. The molecule has 1 aromatic carbocycles. The van der Waals surface area contributed by atoms with Crippen molar-refractivity contribution < 1.29 is 14.3 Å². The molecule has 1 aliphatic heterocycles. The van der Waals surface area contributed by atoms with Crippen LogP contribution in [0.3, 0.4) is 0 Å². The molecule has 1 unspecified atom stereocenters. The zero-order valence-electron chi connectivity index (χ0n) is 16.0. The lowest BCUT2D eigenvalue weighted by atomic mass is 10.1. The van der Waals surface area contributed by atoms with Gasteiger partial charge in [0.15, 0.2) is 10.7 Å². The van der Waals surface area contributed by atoms with Crippen LogP contribution in [-0.2, 0) is 0 Å².